The van der Waals surface area contributed by atoms with E-state index in [1.807, 2.05) is 66.7 Å². The summed E-state index contributed by atoms with van der Waals surface area (Å²) in [4.78, 5) is 0. The summed E-state index contributed by atoms with van der Waals surface area (Å²) in [6, 6.07) is 151. The summed E-state index contributed by atoms with van der Waals surface area (Å²) in [5.74, 6) is 14.3. The highest BCUT2D eigenvalue weighted by Gasteiger charge is 2.46. The van der Waals surface area contributed by atoms with Gasteiger partial charge in [-0.25, -0.2) is 0 Å². The van der Waals surface area contributed by atoms with Gasteiger partial charge in [0.1, 0.15) is 92.0 Å². The fraction of sp³-hybridized carbons (Fsp3) is 0.0400. The van der Waals surface area contributed by atoms with Crippen LogP contribution in [0, 0.1) is 34.6 Å². The quantitative estimate of drug-likeness (QED) is 0.139. The lowest BCUT2D eigenvalue weighted by Crippen LogP contribution is -2.57. The van der Waals surface area contributed by atoms with E-state index < -0.39 is 0 Å². The van der Waals surface area contributed by atoms with Crippen LogP contribution in [0.15, 0.2) is 431 Å². The molecule has 8 nitrogen and oxygen atoms in total. The Morgan fingerprint density at radius 3 is 0.737 bits per heavy atom. The van der Waals surface area contributed by atoms with Gasteiger partial charge < -0.3 is 37.9 Å². The third-order valence-electron chi connectivity index (χ3n) is 28.2. The Kier molecular flexibility index (Phi) is 20.3. The predicted octanol–water partition coefficient (Wildman–Crippen LogP) is 24.5. The van der Waals surface area contributed by atoms with Crippen molar-refractivity contribution in [3.05, 3.63) is 459 Å². The van der Waals surface area contributed by atoms with E-state index in [2.05, 4.69) is 399 Å². The molecule has 8 heterocycles. The molecule has 0 fully saturated rings. The van der Waals surface area contributed by atoms with Crippen LogP contribution in [0.5, 0.6) is 92.0 Å². The van der Waals surface area contributed by atoms with Crippen molar-refractivity contribution in [2.75, 3.05) is 0 Å². The molecule has 12 heteroatoms. The Balaban J connectivity index is 0.0000000970. The molecule has 646 valence electrons. The normalized spacial score (nSPS) is 12.7. The van der Waals surface area contributed by atoms with Crippen molar-refractivity contribution in [3.63, 3.8) is 0 Å². The first kappa shape index (κ1) is 82.0. The van der Waals surface area contributed by atoms with Crippen LogP contribution in [0.3, 0.4) is 0 Å². The van der Waals surface area contributed by atoms with Gasteiger partial charge in [0.25, 0.3) is 26.9 Å². The molecular formula is C125H86B4O8. The summed E-state index contributed by atoms with van der Waals surface area (Å²) in [5.41, 5.74) is 38.9. The minimum Gasteiger partial charge on any atom is -0.458 e. The van der Waals surface area contributed by atoms with E-state index in [1.54, 1.807) is 0 Å². The average molecular weight is 1760 g/mol. The van der Waals surface area contributed by atoms with Crippen LogP contribution in [0.2, 0.25) is 0 Å². The summed E-state index contributed by atoms with van der Waals surface area (Å²) < 4.78 is 52.1. The topological polar surface area (TPSA) is 73.8 Å². The van der Waals surface area contributed by atoms with Crippen LogP contribution in [-0.2, 0) is 0 Å². The van der Waals surface area contributed by atoms with E-state index in [4.69, 9.17) is 37.9 Å². The van der Waals surface area contributed by atoms with E-state index in [-0.39, 0.29) is 26.9 Å². The van der Waals surface area contributed by atoms with Gasteiger partial charge in [-0.1, -0.05) is 358 Å². The van der Waals surface area contributed by atoms with E-state index in [0.717, 1.165) is 147 Å². The van der Waals surface area contributed by atoms with Crippen LogP contribution in [0.4, 0.5) is 0 Å². The van der Waals surface area contributed by atoms with Crippen molar-refractivity contribution < 1.29 is 37.9 Å². The second-order valence-electron chi connectivity index (χ2n) is 36.3. The van der Waals surface area contributed by atoms with Gasteiger partial charge in [-0.05, 0) is 246 Å². The molecule has 28 rings (SSSR count). The van der Waals surface area contributed by atoms with Crippen molar-refractivity contribution in [3.8, 4) is 181 Å². The Morgan fingerprint density at radius 1 is 0.131 bits per heavy atom. The van der Waals surface area contributed by atoms with Crippen molar-refractivity contribution in [2.45, 2.75) is 34.6 Å². The van der Waals surface area contributed by atoms with E-state index >= 15 is 0 Å². The van der Waals surface area contributed by atoms with Crippen LogP contribution in [-0.4, -0.2) is 26.9 Å². The summed E-state index contributed by atoms with van der Waals surface area (Å²) in [6.07, 6.45) is 0. The number of fused-ring (bicyclic) bond motifs is 16. The van der Waals surface area contributed by atoms with Crippen molar-refractivity contribution in [1.82, 2.24) is 0 Å². The van der Waals surface area contributed by atoms with Crippen LogP contribution in [0.1, 0.15) is 27.8 Å². The highest BCUT2D eigenvalue weighted by atomic mass is 16.5. The molecule has 8 aliphatic rings. The number of para-hydroxylation sites is 4. The fourth-order valence-corrected chi connectivity index (χ4v) is 21.7. The van der Waals surface area contributed by atoms with Crippen LogP contribution in [0.25, 0.3) is 89.0 Å². The molecule has 0 radical (unpaired) electrons. The molecular weight excluding hydrogens is 1670 g/mol. The van der Waals surface area contributed by atoms with E-state index in [9.17, 15) is 0 Å². The van der Waals surface area contributed by atoms with Gasteiger partial charge in [-0.2, -0.15) is 0 Å². The Hall–Kier alpha value is -16.9. The van der Waals surface area contributed by atoms with Gasteiger partial charge >= 0.3 is 0 Å². The fourth-order valence-electron chi connectivity index (χ4n) is 21.7. The molecule has 0 aliphatic carbocycles. The highest BCUT2D eigenvalue weighted by Crippen LogP contribution is 2.48. The summed E-state index contributed by atoms with van der Waals surface area (Å²) >= 11 is 0. The minimum absolute atomic E-state index is 0.0432. The monoisotopic (exact) mass is 1760 g/mol. The van der Waals surface area contributed by atoms with Gasteiger partial charge in [0, 0.05) is 44.1 Å². The number of benzene rings is 20. The lowest BCUT2D eigenvalue weighted by Gasteiger charge is -2.34. The van der Waals surface area contributed by atoms with Gasteiger partial charge in [-0.15, -0.1) is 0 Å². The van der Waals surface area contributed by atoms with Gasteiger partial charge in [0.05, 0.1) is 0 Å². The molecule has 0 unspecified atom stereocenters. The second-order valence-corrected chi connectivity index (χ2v) is 36.3. The average Bonchev–Trinajstić information content (AvgIpc) is 0.730. The lowest BCUT2D eigenvalue weighted by atomic mass is 9.34. The number of ether oxygens (including phenoxy) is 8. The van der Waals surface area contributed by atoms with Crippen molar-refractivity contribution >= 4 is 92.4 Å². The second kappa shape index (κ2) is 34.0. The molecule has 0 atom stereocenters. The van der Waals surface area contributed by atoms with Gasteiger partial charge in [-0.3, -0.25) is 0 Å². The van der Waals surface area contributed by atoms with Gasteiger partial charge in [0.15, 0.2) is 0 Å². The first-order valence-electron chi connectivity index (χ1n) is 47.0. The zero-order chi connectivity index (χ0) is 91.5. The van der Waals surface area contributed by atoms with Crippen molar-refractivity contribution in [2.24, 2.45) is 0 Å². The van der Waals surface area contributed by atoms with Gasteiger partial charge in [0.2, 0.25) is 0 Å². The summed E-state index contributed by atoms with van der Waals surface area (Å²) in [5, 5.41) is 0. The first-order chi connectivity index (χ1) is 67.5. The third-order valence-corrected chi connectivity index (χ3v) is 28.2. The molecule has 20 aromatic rings. The highest BCUT2D eigenvalue weighted by molar-refractivity contribution is 7.00. The molecule has 0 aromatic heterocycles. The third kappa shape index (κ3) is 14.3. The smallest absolute Gasteiger partial charge is 0.260 e. The SMILES string of the molecule is Cc1ccccc1-c1ccc2c(c1)B1c3cccc(-c4ccccc4C)c3Oc3cccc(c31)O2.Cc1ccccc1-c1ccc2c(c1)Oc1cccc3c1B2c1cccc(-c2ccccc2)c1O3.Cc1ccccc1-c1cccc2c1Oc1cccc3c1B2c1cc(-c2ccccc2)ccc1O3.Cc1ccccc1-c1cccc2c1Oc1cccc3c1B2c1ccc(-c2ccccc2)cc1O3. The van der Waals surface area contributed by atoms with E-state index in [1.165, 1.54) is 127 Å². The molecule has 0 bridgehead atoms. The molecule has 0 N–H and O–H groups in total. The Morgan fingerprint density at radius 2 is 0.372 bits per heavy atom. The Bertz CT molecular complexity index is 8280. The number of hydrogen-bond acceptors (Lipinski definition) is 8. The largest absolute Gasteiger partial charge is 0.458 e. The van der Waals surface area contributed by atoms with E-state index in [0.29, 0.717) is 0 Å². The minimum atomic E-state index is 0.0432. The summed E-state index contributed by atoms with van der Waals surface area (Å²) in [6.45, 7) is 11.0. The first-order valence-corrected chi connectivity index (χ1v) is 47.0. The molecule has 0 saturated carbocycles. The number of hydrogen-bond donors (Lipinski definition) is 0. The number of aryl methyl sites for hydroxylation is 5. The molecule has 20 aromatic carbocycles. The molecule has 0 amide bonds. The van der Waals surface area contributed by atoms with Crippen LogP contribution >= 0.6 is 0 Å². The molecule has 8 aliphatic heterocycles. The predicted molar refractivity (Wildman–Crippen MR) is 564 cm³/mol. The Labute approximate surface area is 799 Å². The zero-order valence-corrected chi connectivity index (χ0v) is 76.1. The zero-order valence-electron chi connectivity index (χ0n) is 76.1. The molecule has 0 saturated heterocycles. The van der Waals surface area contributed by atoms with Crippen LogP contribution < -0.4 is 103 Å². The maximum Gasteiger partial charge on any atom is 0.260 e. The maximum atomic E-state index is 6.63. The maximum absolute atomic E-state index is 6.63. The standard InChI is InChI=1S/C32H23BO2.3C31H21BO2/c1-20-9-3-5-11-23(20)22-17-18-28-27(19-22)33-26-14-7-13-25(24-12-6-4-10-21(24)2)32(26)35-30-16-8-15-29(34-28)31(30)33;1-20-9-5-6-12-23(20)22-17-18-25-29(19-22)33-27-15-8-16-28-30(27)32(25)26-14-7-13-24(31(26)34-28)21-10-3-2-4-11-21;1-20-9-5-6-12-23(20)24-13-7-14-26-31(24)34-28-16-8-15-27-30(28)32(26)25-18-17-22(19-29(25)33-27)21-10-3-2-4-11-21;1-20-9-5-6-12-23(20)24-13-7-14-25-31(24)34-29-16-8-15-28-30(29)32(25)26-19-22(17-18-27(26)33-28)21-10-3-2-4-11-21/h3-19H,1-2H3;3*2-19H,1H3. The molecule has 137 heavy (non-hydrogen) atoms. The molecule has 0 spiro atoms. The van der Waals surface area contributed by atoms with Crippen molar-refractivity contribution in [1.29, 1.82) is 0 Å². The lowest BCUT2D eigenvalue weighted by molar-refractivity contribution is 0.465. The number of rotatable bonds is 8. The summed E-state index contributed by atoms with van der Waals surface area (Å²) in [7, 11) is 0.